The van der Waals surface area contributed by atoms with Gasteiger partial charge in [-0.3, -0.25) is 4.98 Å². The van der Waals surface area contributed by atoms with Crippen molar-refractivity contribution < 1.29 is 0 Å². The summed E-state index contributed by atoms with van der Waals surface area (Å²) in [7, 11) is 0. The number of pyridine rings is 1. The Balaban J connectivity index is 1.76. The summed E-state index contributed by atoms with van der Waals surface area (Å²) in [5.74, 6) is 0. The van der Waals surface area contributed by atoms with E-state index in [0.717, 1.165) is 17.3 Å². The summed E-state index contributed by atoms with van der Waals surface area (Å²) in [5.41, 5.74) is 3.92. The molecule has 0 fully saturated rings. The molecule has 0 radical (unpaired) electrons. The first-order valence-electron chi connectivity index (χ1n) is 6.69. The number of benzene rings is 1. The van der Waals surface area contributed by atoms with Crippen molar-refractivity contribution in [2.24, 2.45) is 0 Å². The predicted octanol–water partition coefficient (Wildman–Crippen LogP) is 4.18. The van der Waals surface area contributed by atoms with Crippen LogP contribution in [0.2, 0.25) is 0 Å². The van der Waals surface area contributed by atoms with Crippen molar-refractivity contribution in [2.45, 2.75) is 31.8 Å². The van der Waals surface area contributed by atoms with Gasteiger partial charge < -0.3 is 5.32 Å². The molecule has 2 aromatic rings. The Morgan fingerprint density at radius 1 is 1.32 bits per heavy atom. The predicted molar refractivity (Wildman–Crippen MR) is 81.0 cm³/mol. The van der Waals surface area contributed by atoms with Crippen molar-refractivity contribution in [3.8, 4) is 0 Å². The maximum atomic E-state index is 4.53. The van der Waals surface area contributed by atoms with Gasteiger partial charge in [0.2, 0.25) is 0 Å². The molecule has 1 heterocycles. The number of rotatable bonds is 3. The van der Waals surface area contributed by atoms with Crippen molar-refractivity contribution in [3.63, 3.8) is 0 Å². The zero-order chi connectivity index (χ0) is 13.2. The van der Waals surface area contributed by atoms with Crippen molar-refractivity contribution in [3.05, 3.63) is 63.9 Å². The Hall–Kier alpha value is -1.19. The Labute approximate surface area is 122 Å². The SMILES string of the molecule is C[C@H](NC1CCc2cccnc21)c1cccc(Br)c1. The first kappa shape index (κ1) is 12.8. The van der Waals surface area contributed by atoms with Crippen LogP contribution in [0.5, 0.6) is 0 Å². The van der Waals surface area contributed by atoms with Crippen LogP contribution in [0.15, 0.2) is 47.1 Å². The van der Waals surface area contributed by atoms with E-state index in [1.54, 1.807) is 0 Å². The van der Waals surface area contributed by atoms with Gasteiger partial charge in [-0.25, -0.2) is 0 Å². The minimum atomic E-state index is 0.329. The first-order valence-corrected chi connectivity index (χ1v) is 7.48. The number of hydrogen-bond acceptors (Lipinski definition) is 2. The van der Waals surface area contributed by atoms with E-state index in [1.807, 2.05) is 12.3 Å². The summed E-state index contributed by atoms with van der Waals surface area (Å²) in [5, 5.41) is 3.70. The summed E-state index contributed by atoms with van der Waals surface area (Å²) in [6.07, 6.45) is 4.17. The van der Waals surface area contributed by atoms with Gasteiger partial charge in [0.25, 0.3) is 0 Å². The second kappa shape index (κ2) is 5.43. The molecular formula is C16H17BrN2. The van der Waals surface area contributed by atoms with E-state index >= 15 is 0 Å². The number of aromatic nitrogens is 1. The van der Waals surface area contributed by atoms with Gasteiger partial charge in [0, 0.05) is 16.7 Å². The minimum absolute atomic E-state index is 0.329. The lowest BCUT2D eigenvalue weighted by molar-refractivity contribution is 0.458. The van der Waals surface area contributed by atoms with Crippen LogP contribution in [-0.2, 0) is 6.42 Å². The highest BCUT2D eigenvalue weighted by atomic mass is 79.9. The first-order chi connectivity index (χ1) is 9.24. The van der Waals surface area contributed by atoms with Crippen LogP contribution in [0.1, 0.15) is 42.2 Å². The fourth-order valence-electron chi connectivity index (χ4n) is 2.75. The maximum Gasteiger partial charge on any atom is 0.0605 e. The third kappa shape index (κ3) is 2.72. The summed E-state index contributed by atoms with van der Waals surface area (Å²) >= 11 is 3.53. The van der Waals surface area contributed by atoms with Gasteiger partial charge >= 0.3 is 0 Å². The Bertz CT molecular complexity index is 582. The second-order valence-corrected chi connectivity index (χ2v) is 6.00. The van der Waals surface area contributed by atoms with Crippen molar-refractivity contribution in [1.82, 2.24) is 10.3 Å². The topological polar surface area (TPSA) is 24.9 Å². The maximum absolute atomic E-state index is 4.53. The minimum Gasteiger partial charge on any atom is -0.302 e. The molecule has 3 rings (SSSR count). The number of hydrogen-bond donors (Lipinski definition) is 1. The average Bonchev–Trinajstić information content (AvgIpc) is 2.82. The Kier molecular flexibility index (Phi) is 3.67. The van der Waals surface area contributed by atoms with Crippen LogP contribution in [0.25, 0.3) is 0 Å². The quantitative estimate of drug-likeness (QED) is 0.918. The molecular weight excluding hydrogens is 300 g/mol. The van der Waals surface area contributed by atoms with Crippen LogP contribution in [0, 0.1) is 0 Å². The van der Waals surface area contributed by atoms with Crippen LogP contribution >= 0.6 is 15.9 Å². The number of nitrogens with one attached hydrogen (secondary N) is 1. The van der Waals surface area contributed by atoms with Gasteiger partial charge in [-0.05, 0) is 49.1 Å². The molecule has 19 heavy (non-hydrogen) atoms. The summed E-state index contributed by atoms with van der Waals surface area (Å²) in [4.78, 5) is 4.53. The lowest BCUT2D eigenvalue weighted by atomic mass is 10.1. The molecule has 0 spiro atoms. The average molecular weight is 317 g/mol. The molecule has 3 heteroatoms. The molecule has 0 amide bonds. The van der Waals surface area contributed by atoms with Crippen LogP contribution in [-0.4, -0.2) is 4.98 Å². The fraction of sp³-hybridized carbons (Fsp3) is 0.312. The van der Waals surface area contributed by atoms with Gasteiger partial charge in [-0.2, -0.15) is 0 Å². The number of nitrogens with zero attached hydrogens (tertiary/aromatic N) is 1. The second-order valence-electron chi connectivity index (χ2n) is 5.08. The number of aryl methyl sites for hydroxylation is 1. The van der Waals surface area contributed by atoms with Gasteiger partial charge in [0.15, 0.2) is 0 Å². The van der Waals surface area contributed by atoms with Crippen molar-refractivity contribution >= 4 is 15.9 Å². The van der Waals surface area contributed by atoms with E-state index in [9.17, 15) is 0 Å². The summed E-state index contributed by atoms with van der Waals surface area (Å²) < 4.78 is 1.13. The van der Waals surface area contributed by atoms with Gasteiger partial charge in [-0.15, -0.1) is 0 Å². The van der Waals surface area contributed by atoms with Gasteiger partial charge in [0.05, 0.1) is 11.7 Å². The van der Waals surface area contributed by atoms with E-state index < -0.39 is 0 Å². The lowest BCUT2D eigenvalue weighted by Gasteiger charge is -2.20. The highest BCUT2D eigenvalue weighted by molar-refractivity contribution is 9.10. The van der Waals surface area contributed by atoms with E-state index in [1.165, 1.54) is 16.8 Å². The fourth-order valence-corrected chi connectivity index (χ4v) is 3.17. The molecule has 0 aliphatic heterocycles. The molecule has 0 saturated carbocycles. The molecule has 1 unspecified atom stereocenters. The number of fused-ring (bicyclic) bond motifs is 1. The van der Waals surface area contributed by atoms with Crippen LogP contribution in [0.3, 0.4) is 0 Å². The molecule has 1 aromatic carbocycles. The van der Waals surface area contributed by atoms with Crippen LogP contribution in [0.4, 0.5) is 0 Å². The van der Waals surface area contributed by atoms with Crippen molar-refractivity contribution in [2.75, 3.05) is 0 Å². The molecule has 1 N–H and O–H groups in total. The molecule has 98 valence electrons. The number of halogens is 1. The summed E-state index contributed by atoms with van der Waals surface area (Å²) in [6, 6.07) is 13.4. The smallest absolute Gasteiger partial charge is 0.0605 e. The van der Waals surface area contributed by atoms with E-state index in [-0.39, 0.29) is 0 Å². The monoisotopic (exact) mass is 316 g/mol. The zero-order valence-corrected chi connectivity index (χ0v) is 12.5. The highest BCUT2D eigenvalue weighted by Crippen LogP contribution is 2.31. The highest BCUT2D eigenvalue weighted by Gasteiger charge is 2.24. The van der Waals surface area contributed by atoms with E-state index in [2.05, 4.69) is 63.5 Å². The van der Waals surface area contributed by atoms with Crippen LogP contribution < -0.4 is 5.32 Å². The van der Waals surface area contributed by atoms with Crippen molar-refractivity contribution in [1.29, 1.82) is 0 Å². The molecule has 2 nitrogen and oxygen atoms in total. The largest absolute Gasteiger partial charge is 0.302 e. The molecule has 1 aliphatic rings. The molecule has 0 bridgehead atoms. The summed E-state index contributed by atoms with van der Waals surface area (Å²) in [6.45, 7) is 2.21. The Morgan fingerprint density at radius 2 is 2.21 bits per heavy atom. The molecule has 0 saturated heterocycles. The molecule has 1 aliphatic carbocycles. The zero-order valence-electron chi connectivity index (χ0n) is 10.9. The normalized spacial score (nSPS) is 19.2. The van der Waals surface area contributed by atoms with E-state index in [0.29, 0.717) is 12.1 Å². The van der Waals surface area contributed by atoms with Gasteiger partial charge in [-0.1, -0.05) is 34.1 Å². The molecule has 1 aromatic heterocycles. The molecule has 2 atom stereocenters. The lowest BCUT2D eigenvalue weighted by Crippen LogP contribution is -2.23. The van der Waals surface area contributed by atoms with E-state index in [4.69, 9.17) is 0 Å². The Morgan fingerprint density at radius 3 is 3.05 bits per heavy atom. The third-order valence-electron chi connectivity index (χ3n) is 3.76. The van der Waals surface area contributed by atoms with Gasteiger partial charge in [0.1, 0.15) is 0 Å². The standard InChI is InChI=1S/C16H17BrN2/c1-11(13-4-2-6-14(17)10-13)19-15-8-7-12-5-3-9-18-16(12)15/h2-6,9-11,15,19H,7-8H2,1H3/t11-,15?/m0/s1. The third-order valence-corrected chi connectivity index (χ3v) is 4.25.